The molecule has 2 rings (SSSR count). The summed E-state index contributed by atoms with van der Waals surface area (Å²) in [5.74, 6) is -1.70. The number of para-hydroxylation sites is 1. The molecule has 0 atom stereocenters. The molecule has 0 aliphatic carbocycles. The lowest BCUT2D eigenvalue weighted by Gasteiger charge is -2.14. The Morgan fingerprint density at radius 1 is 1.00 bits per heavy atom. The van der Waals surface area contributed by atoms with Crippen molar-refractivity contribution in [2.75, 3.05) is 0 Å². The van der Waals surface area contributed by atoms with Crippen molar-refractivity contribution < 1.29 is 22.3 Å². The molecule has 7 heteroatoms. The molecular formula is C13H6Cl2F4O. The maximum atomic E-state index is 13.7. The predicted octanol–water partition coefficient (Wildman–Crippen LogP) is 5.94. The van der Waals surface area contributed by atoms with Crippen LogP contribution in [0, 0.1) is 5.82 Å². The number of halogens is 6. The van der Waals surface area contributed by atoms with Gasteiger partial charge >= 0.3 is 6.18 Å². The van der Waals surface area contributed by atoms with Gasteiger partial charge in [-0.25, -0.2) is 4.39 Å². The highest BCUT2D eigenvalue weighted by molar-refractivity contribution is 6.37. The van der Waals surface area contributed by atoms with Gasteiger partial charge in [0, 0.05) is 0 Å². The third kappa shape index (κ3) is 2.99. The molecule has 20 heavy (non-hydrogen) atoms. The Morgan fingerprint density at radius 3 is 2.15 bits per heavy atom. The van der Waals surface area contributed by atoms with Crippen LogP contribution in [0.1, 0.15) is 5.56 Å². The van der Waals surface area contributed by atoms with Crippen LogP contribution < -0.4 is 4.74 Å². The van der Waals surface area contributed by atoms with E-state index in [0.717, 1.165) is 0 Å². The Kier molecular flexibility index (Phi) is 4.11. The van der Waals surface area contributed by atoms with Crippen molar-refractivity contribution in [1.82, 2.24) is 0 Å². The van der Waals surface area contributed by atoms with E-state index in [1.165, 1.54) is 12.1 Å². The second kappa shape index (κ2) is 5.50. The van der Waals surface area contributed by atoms with E-state index < -0.39 is 27.6 Å². The first kappa shape index (κ1) is 14.9. The van der Waals surface area contributed by atoms with Gasteiger partial charge in [0.25, 0.3) is 0 Å². The lowest BCUT2D eigenvalue weighted by molar-refractivity contribution is -0.140. The van der Waals surface area contributed by atoms with Crippen molar-refractivity contribution in [3.05, 3.63) is 57.8 Å². The quantitative estimate of drug-likeness (QED) is 0.490. The van der Waals surface area contributed by atoms with E-state index in [0.29, 0.717) is 6.07 Å². The van der Waals surface area contributed by atoms with Crippen molar-refractivity contribution >= 4 is 23.2 Å². The van der Waals surface area contributed by atoms with E-state index >= 15 is 0 Å². The van der Waals surface area contributed by atoms with Crippen molar-refractivity contribution in [2.24, 2.45) is 0 Å². The summed E-state index contributed by atoms with van der Waals surface area (Å²) in [6.45, 7) is 0. The Balaban J connectivity index is 2.49. The molecule has 0 aliphatic rings. The van der Waals surface area contributed by atoms with Gasteiger partial charge in [0.1, 0.15) is 10.8 Å². The molecule has 0 amide bonds. The largest absolute Gasteiger partial charge is 0.454 e. The van der Waals surface area contributed by atoms with Crippen LogP contribution >= 0.6 is 23.2 Å². The Bertz CT molecular complexity index is 627. The number of benzene rings is 2. The van der Waals surface area contributed by atoms with Gasteiger partial charge in [-0.1, -0.05) is 41.4 Å². The highest BCUT2D eigenvalue weighted by Gasteiger charge is 2.37. The molecule has 1 nitrogen and oxygen atoms in total. The zero-order chi connectivity index (χ0) is 14.9. The molecule has 0 saturated heterocycles. The fourth-order valence-electron chi connectivity index (χ4n) is 1.48. The molecule has 0 aliphatic heterocycles. The standard InChI is InChI=1S/C13H6Cl2F4O/c14-9-6-8(13(17,18)19)11(16)10(15)12(9)20-7-4-2-1-3-5-7/h1-6H. The van der Waals surface area contributed by atoms with Gasteiger partial charge in [0.05, 0.1) is 10.6 Å². The van der Waals surface area contributed by atoms with Crippen LogP contribution in [0.3, 0.4) is 0 Å². The minimum Gasteiger partial charge on any atom is -0.454 e. The predicted molar refractivity (Wildman–Crippen MR) is 67.9 cm³/mol. The van der Waals surface area contributed by atoms with Crippen LogP contribution in [-0.4, -0.2) is 0 Å². The van der Waals surface area contributed by atoms with Gasteiger partial charge in [-0.2, -0.15) is 13.2 Å². The number of hydrogen-bond acceptors (Lipinski definition) is 1. The minimum atomic E-state index is -4.89. The summed E-state index contributed by atoms with van der Waals surface area (Å²) in [6, 6.07) is 8.49. The first-order valence-corrected chi connectivity index (χ1v) is 6.04. The van der Waals surface area contributed by atoms with E-state index in [-0.39, 0.29) is 11.5 Å². The Labute approximate surface area is 121 Å². The maximum Gasteiger partial charge on any atom is 0.419 e. The summed E-state index contributed by atoms with van der Waals surface area (Å²) in [5.41, 5.74) is -1.53. The first-order chi connectivity index (χ1) is 9.30. The molecule has 0 saturated carbocycles. The summed E-state index contributed by atoms with van der Waals surface area (Å²) < 4.78 is 56.6. The van der Waals surface area contributed by atoms with Crippen LogP contribution in [0.15, 0.2) is 36.4 Å². The van der Waals surface area contributed by atoms with E-state index in [9.17, 15) is 17.6 Å². The fourth-order valence-corrected chi connectivity index (χ4v) is 2.02. The monoisotopic (exact) mass is 324 g/mol. The molecule has 2 aromatic carbocycles. The van der Waals surface area contributed by atoms with Gasteiger partial charge in [0.15, 0.2) is 11.6 Å². The second-order valence-electron chi connectivity index (χ2n) is 3.78. The van der Waals surface area contributed by atoms with Crippen molar-refractivity contribution in [2.45, 2.75) is 6.18 Å². The SMILES string of the molecule is Fc1c(C(F)(F)F)cc(Cl)c(Oc2ccccc2)c1Cl. The molecule has 106 valence electrons. The third-order valence-corrected chi connectivity index (χ3v) is 3.00. The Hall–Kier alpha value is -1.46. The molecule has 0 heterocycles. The highest BCUT2D eigenvalue weighted by Crippen LogP contribution is 2.43. The van der Waals surface area contributed by atoms with Crippen LogP contribution in [-0.2, 0) is 6.18 Å². The summed E-state index contributed by atoms with van der Waals surface area (Å²) in [4.78, 5) is 0. The molecule has 0 fully saturated rings. The summed E-state index contributed by atoms with van der Waals surface area (Å²) >= 11 is 11.3. The molecule has 2 aromatic rings. The summed E-state index contributed by atoms with van der Waals surface area (Å²) in [7, 11) is 0. The van der Waals surface area contributed by atoms with Gasteiger partial charge in [0.2, 0.25) is 0 Å². The average molecular weight is 325 g/mol. The molecule has 0 aromatic heterocycles. The number of hydrogen-bond donors (Lipinski definition) is 0. The van der Waals surface area contributed by atoms with Crippen LogP contribution in [0.2, 0.25) is 10.0 Å². The fraction of sp³-hybridized carbons (Fsp3) is 0.0769. The highest BCUT2D eigenvalue weighted by atomic mass is 35.5. The molecule has 0 radical (unpaired) electrons. The minimum absolute atomic E-state index is 0.274. The van der Waals surface area contributed by atoms with Gasteiger partial charge < -0.3 is 4.74 Å². The van der Waals surface area contributed by atoms with Gasteiger partial charge in [-0.3, -0.25) is 0 Å². The lowest BCUT2D eigenvalue weighted by Crippen LogP contribution is -2.09. The van der Waals surface area contributed by atoms with Gasteiger partial charge in [-0.15, -0.1) is 0 Å². The van der Waals surface area contributed by atoms with Gasteiger partial charge in [-0.05, 0) is 18.2 Å². The van der Waals surface area contributed by atoms with Crippen LogP contribution in [0.4, 0.5) is 17.6 Å². The first-order valence-electron chi connectivity index (χ1n) is 5.28. The number of alkyl halides is 3. The van der Waals surface area contributed by atoms with Crippen LogP contribution in [0.25, 0.3) is 0 Å². The smallest absolute Gasteiger partial charge is 0.419 e. The second-order valence-corrected chi connectivity index (χ2v) is 4.56. The molecule has 0 unspecified atom stereocenters. The van der Waals surface area contributed by atoms with E-state index in [1.807, 2.05) is 0 Å². The summed E-state index contributed by atoms with van der Waals surface area (Å²) in [5, 5.41) is -1.23. The molecular weight excluding hydrogens is 319 g/mol. The van der Waals surface area contributed by atoms with E-state index in [4.69, 9.17) is 27.9 Å². The molecule has 0 spiro atoms. The molecule has 0 N–H and O–H groups in total. The third-order valence-electron chi connectivity index (χ3n) is 2.39. The van der Waals surface area contributed by atoms with Crippen molar-refractivity contribution in [3.8, 4) is 11.5 Å². The van der Waals surface area contributed by atoms with Crippen LogP contribution in [0.5, 0.6) is 11.5 Å². The lowest BCUT2D eigenvalue weighted by atomic mass is 10.2. The van der Waals surface area contributed by atoms with Crippen molar-refractivity contribution in [3.63, 3.8) is 0 Å². The Morgan fingerprint density at radius 2 is 1.60 bits per heavy atom. The maximum absolute atomic E-state index is 13.7. The normalized spacial score (nSPS) is 11.5. The topological polar surface area (TPSA) is 9.23 Å². The zero-order valence-corrected chi connectivity index (χ0v) is 11.2. The number of ether oxygens (including phenoxy) is 1. The molecule has 0 bridgehead atoms. The zero-order valence-electron chi connectivity index (χ0n) is 9.64. The van der Waals surface area contributed by atoms with E-state index in [2.05, 4.69) is 0 Å². The average Bonchev–Trinajstić information content (AvgIpc) is 2.39. The van der Waals surface area contributed by atoms with Crippen molar-refractivity contribution in [1.29, 1.82) is 0 Å². The van der Waals surface area contributed by atoms with E-state index in [1.54, 1.807) is 18.2 Å². The number of rotatable bonds is 2. The summed E-state index contributed by atoms with van der Waals surface area (Å²) in [6.07, 6.45) is -4.89.